The third-order valence-electron chi connectivity index (χ3n) is 2.86. The van der Waals surface area contributed by atoms with Crippen LogP contribution in [0, 0.1) is 6.92 Å². The van der Waals surface area contributed by atoms with Gasteiger partial charge in [0.1, 0.15) is 5.52 Å². The molecule has 0 atom stereocenters. The van der Waals surface area contributed by atoms with Gasteiger partial charge in [0.05, 0.1) is 6.33 Å². The lowest BCUT2D eigenvalue weighted by Gasteiger charge is -2.06. The molecule has 100 valence electrons. The molecule has 2 N–H and O–H groups in total. The maximum Gasteiger partial charge on any atom is 0.258 e. The number of nitrogens with zero attached hydrogens (tertiary/aromatic N) is 3. The summed E-state index contributed by atoms with van der Waals surface area (Å²) in [5.41, 5.74) is 2.39. The molecule has 0 aliphatic rings. The van der Waals surface area contributed by atoms with Gasteiger partial charge < -0.3 is 4.98 Å². The zero-order valence-corrected chi connectivity index (χ0v) is 11.3. The summed E-state index contributed by atoms with van der Waals surface area (Å²) in [7, 11) is 0. The molecule has 0 radical (unpaired) electrons. The number of H-pyrrole nitrogens is 1. The zero-order chi connectivity index (χ0) is 14.1. The van der Waals surface area contributed by atoms with Crippen LogP contribution in [-0.4, -0.2) is 25.8 Å². The number of imidazole rings is 1. The number of carbonyl (C=O) groups is 1. The van der Waals surface area contributed by atoms with E-state index >= 15 is 0 Å². The van der Waals surface area contributed by atoms with Gasteiger partial charge >= 0.3 is 0 Å². The van der Waals surface area contributed by atoms with Crippen molar-refractivity contribution in [2.24, 2.45) is 0 Å². The van der Waals surface area contributed by atoms with Crippen molar-refractivity contribution in [3.63, 3.8) is 0 Å². The van der Waals surface area contributed by atoms with Crippen molar-refractivity contribution in [2.45, 2.75) is 6.92 Å². The Morgan fingerprint density at radius 2 is 2.10 bits per heavy atom. The van der Waals surface area contributed by atoms with Crippen LogP contribution in [-0.2, 0) is 0 Å². The summed E-state index contributed by atoms with van der Waals surface area (Å²) in [4.78, 5) is 27.1. The summed E-state index contributed by atoms with van der Waals surface area (Å²) >= 11 is 5.99. The molecule has 2 aromatic heterocycles. The van der Waals surface area contributed by atoms with Gasteiger partial charge in [-0.25, -0.2) is 4.98 Å². The molecule has 6 nitrogen and oxygen atoms in total. The van der Waals surface area contributed by atoms with Crippen molar-refractivity contribution in [1.29, 1.82) is 0 Å². The average molecular weight is 288 g/mol. The molecule has 3 aromatic rings. The number of anilines is 1. The van der Waals surface area contributed by atoms with Gasteiger partial charge in [-0.1, -0.05) is 29.8 Å². The second-order valence-corrected chi connectivity index (χ2v) is 4.57. The number of hydrogen-bond donors (Lipinski definition) is 2. The van der Waals surface area contributed by atoms with E-state index in [9.17, 15) is 4.79 Å². The average Bonchev–Trinajstić information content (AvgIpc) is 2.88. The van der Waals surface area contributed by atoms with Crippen molar-refractivity contribution in [3.8, 4) is 0 Å². The highest BCUT2D eigenvalue weighted by Gasteiger charge is 2.13. The normalized spacial score (nSPS) is 10.7. The molecule has 7 heteroatoms. The zero-order valence-electron chi connectivity index (χ0n) is 10.5. The van der Waals surface area contributed by atoms with Gasteiger partial charge in [0.25, 0.3) is 5.91 Å². The maximum atomic E-state index is 12.2. The summed E-state index contributed by atoms with van der Waals surface area (Å²) in [6, 6.07) is 7.26. The minimum atomic E-state index is -0.283. The first kappa shape index (κ1) is 12.6. The number of aromatic nitrogens is 4. The van der Waals surface area contributed by atoms with Crippen LogP contribution < -0.4 is 5.32 Å². The SMILES string of the molecule is Cc1ccccc1C(=O)Nc1nc(Cl)c2[nH]cnc2n1. The lowest BCUT2D eigenvalue weighted by molar-refractivity contribution is 0.102. The van der Waals surface area contributed by atoms with Gasteiger partial charge in [-0.2, -0.15) is 9.97 Å². The Hall–Kier alpha value is -2.47. The van der Waals surface area contributed by atoms with Crippen LogP contribution in [0.25, 0.3) is 11.2 Å². The monoisotopic (exact) mass is 287 g/mol. The smallest absolute Gasteiger partial charge is 0.258 e. The first-order valence-electron chi connectivity index (χ1n) is 5.89. The third kappa shape index (κ3) is 2.21. The summed E-state index contributed by atoms with van der Waals surface area (Å²) in [5, 5.41) is 2.84. The van der Waals surface area contributed by atoms with E-state index < -0.39 is 0 Å². The number of carbonyl (C=O) groups excluding carboxylic acids is 1. The summed E-state index contributed by atoms with van der Waals surface area (Å²) in [6.07, 6.45) is 1.47. The molecule has 0 spiro atoms. The highest BCUT2D eigenvalue weighted by molar-refractivity contribution is 6.33. The van der Waals surface area contributed by atoms with E-state index in [-0.39, 0.29) is 17.0 Å². The van der Waals surface area contributed by atoms with Crippen LogP contribution in [0.1, 0.15) is 15.9 Å². The Labute approximate surface area is 119 Å². The van der Waals surface area contributed by atoms with Crippen molar-refractivity contribution in [2.75, 3.05) is 5.32 Å². The summed E-state index contributed by atoms with van der Waals surface area (Å²) in [5.74, 6) is -0.156. The molecule has 0 aliphatic carbocycles. The maximum absolute atomic E-state index is 12.2. The number of aryl methyl sites for hydroxylation is 1. The minimum absolute atomic E-state index is 0.128. The van der Waals surface area contributed by atoms with E-state index in [0.717, 1.165) is 5.56 Å². The lowest BCUT2D eigenvalue weighted by Crippen LogP contribution is -2.15. The topological polar surface area (TPSA) is 83.6 Å². The van der Waals surface area contributed by atoms with Gasteiger partial charge in [-0.15, -0.1) is 0 Å². The fourth-order valence-corrected chi connectivity index (χ4v) is 2.07. The Morgan fingerprint density at radius 3 is 2.90 bits per heavy atom. The highest BCUT2D eigenvalue weighted by Crippen LogP contribution is 2.18. The van der Waals surface area contributed by atoms with Crippen LogP contribution in [0.15, 0.2) is 30.6 Å². The number of nitrogens with one attached hydrogen (secondary N) is 2. The van der Waals surface area contributed by atoms with Gasteiger partial charge in [0, 0.05) is 5.56 Å². The molecule has 0 bridgehead atoms. The first-order valence-corrected chi connectivity index (χ1v) is 6.26. The molecule has 0 saturated heterocycles. The Kier molecular flexibility index (Phi) is 3.08. The van der Waals surface area contributed by atoms with E-state index in [0.29, 0.717) is 16.7 Å². The van der Waals surface area contributed by atoms with Crippen LogP contribution in [0.5, 0.6) is 0 Å². The number of rotatable bonds is 2. The first-order chi connectivity index (χ1) is 9.65. The third-order valence-corrected chi connectivity index (χ3v) is 3.13. The van der Waals surface area contributed by atoms with Crippen LogP contribution in [0.4, 0.5) is 5.95 Å². The molecule has 20 heavy (non-hydrogen) atoms. The second-order valence-electron chi connectivity index (χ2n) is 4.21. The van der Waals surface area contributed by atoms with Gasteiger partial charge in [-0.3, -0.25) is 10.1 Å². The van der Waals surface area contributed by atoms with Crippen LogP contribution in [0.3, 0.4) is 0 Å². The number of aromatic amines is 1. The van der Waals surface area contributed by atoms with E-state index in [4.69, 9.17) is 11.6 Å². The van der Waals surface area contributed by atoms with Crippen molar-refractivity contribution < 1.29 is 4.79 Å². The molecular formula is C13H10ClN5O. The van der Waals surface area contributed by atoms with Crippen LogP contribution in [0.2, 0.25) is 5.15 Å². The number of fused-ring (bicyclic) bond motifs is 1. The molecule has 0 fully saturated rings. The largest absolute Gasteiger partial charge is 0.341 e. The van der Waals surface area contributed by atoms with E-state index in [1.165, 1.54) is 6.33 Å². The van der Waals surface area contributed by atoms with Crippen molar-refractivity contribution >= 4 is 34.6 Å². The highest BCUT2D eigenvalue weighted by atomic mass is 35.5. The molecule has 3 rings (SSSR count). The van der Waals surface area contributed by atoms with E-state index in [2.05, 4.69) is 25.3 Å². The van der Waals surface area contributed by atoms with Crippen molar-refractivity contribution in [1.82, 2.24) is 19.9 Å². The van der Waals surface area contributed by atoms with Gasteiger partial charge in [0.2, 0.25) is 5.95 Å². The number of hydrogen-bond acceptors (Lipinski definition) is 4. The standard InChI is InChI=1S/C13H10ClN5O/c1-7-4-2-3-5-8(7)12(20)19-13-17-10(14)9-11(18-13)16-6-15-9/h2-6H,1H3,(H2,15,16,17,18,19,20). The predicted octanol–water partition coefficient (Wildman–Crippen LogP) is 2.57. The fraction of sp³-hybridized carbons (Fsp3) is 0.0769. The minimum Gasteiger partial charge on any atom is -0.341 e. The Morgan fingerprint density at radius 1 is 1.30 bits per heavy atom. The summed E-state index contributed by atoms with van der Waals surface area (Å²) < 4.78 is 0. The molecule has 2 heterocycles. The molecule has 1 amide bonds. The van der Waals surface area contributed by atoms with Gasteiger partial charge in [0.15, 0.2) is 10.8 Å². The number of benzene rings is 1. The summed E-state index contributed by atoms with van der Waals surface area (Å²) in [6.45, 7) is 1.86. The predicted molar refractivity (Wildman–Crippen MR) is 75.8 cm³/mol. The Balaban J connectivity index is 1.93. The number of halogens is 1. The van der Waals surface area contributed by atoms with Crippen molar-refractivity contribution in [3.05, 3.63) is 46.9 Å². The quantitative estimate of drug-likeness (QED) is 0.710. The van der Waals surface area contributed by atoms with E-state index in [1.54, 1.807) is 12.1 Å². The fourth-order valence-electron chi connectivity index (χ4n) is 1.85. The second kappa shape index (κ2) is 4.90. The number of amides is 1. The molecule has 0 saturated carbocycles. The van der Waals surface area contributed by atoms with Gasteiger partial charge in [-0.05, 0) is 18.6 Å². The molecule has 0 aliphatic heterocycles. The Bertz CT molecular complexity index is 798. The van der Waals surface area contributed by atoms with E-state index in [1.807, 2.05) is 19.1 Å². The molecule has 0 unspecified atom stereocenters. The molecule has 1 aromatic carbocycles. The molecular weight excluding hydrogens is 278 g/mol. The lowest BCUT2D eigenvalue weighted by atomic mass is 10.1. The van der Waals surface area contributed by atoms with Crippen LogP contribution >= 0.6 is 11.6 Å².